The first-order chi connectivity index (χ1) is 11.4. The summed E-state index contributed by atoms with van der Waals surface area (Å²) in [5.74, 6) is -0.0151. The summed E-state index contributed by atoms with van der Waals surface area (Å²) in [6.07, 6.45) is 1.64. The van der Waals surface area contributed by atoms with Gasteiger partial charge < -0.3 is 9.52 Å². The molecular weight excluding hydrogens is 346 g/mol. The lowest BCUT2D eigenvalue weighted by molar-refractivity contribution is -0.113. The largest absolute Gasteiger partial charge is 0.478 e. The Morgan fingerprint density at radius 3 is 2.67 bits per heavy atom. The first-order valence-corrected chi connectivity index (χ1v) is 8.27. The molecule has 7 heteroatoms. The highest BCUT2D eigenvalue weighted by Gasteiger charge is 2.34. The number of nitrogens with zero attached hydrogens (tertiary/aromatic N) is 1. The van der Waals surface area contributed by atoms with E-state index in [1.165, 1.54) is 28.8 Å². The summed E-state index contributed by atoms with van der Waals surface area (Å²) in [5, 5.41) is 9.16. The average molecular weight is 359 g/mol. The van der Waals surface area contributed by atoms with E-state index in [4.69, 9.17) is 21.7 Å². The molecule has 1 N–H and O–H groups in total. The van der Waals surface area contributed by atoms with Gasteiger partial charge in [0.15, 0.2) is 4.32 Å². The van der Waals surface area contributed by atoms with Crippen LogP contribution < -0.4 is 4.90 Å². The van der Waals surface area contributed by atoms with E-state index in [0.29, 0.717) is 20.7 Å². The maximum Gasteiger partial charge on any atom is 0.335 e. The number of carboxylic acid groups (broad SMARTS) is 1. The third kappa shape index (κ3) is 3.00. The second-order valence-electron chi connectivity index (χ2n) is 5.27. The highest BCUT2D eigenvalue weighted by molar-refractivity contribution is 8.27. The van der Waals surface area contributed by atoms with E-state index >= 15 is 0 Å². The molecule has 0 atom stereocenters. The third-order valence-electron chi connectivity index (χ3n) is 3.53. The molecule has 2 heterocycles. The smallest absolute Gasteiger partial charge is 0.335 e. The van der Waals surface area contributed by atoms with Crippen LogP contribution in [0.1, 0.15) is 27.4 Å². The zero-order valence-electron chi connectivity index (χ0n) is 12.9. The lowest BCUT2D eigenvalue weighted by Crippen LogP contribution is -2.28. The van der Waals surface area contributed by atoms with Gasteiger partial charge in [0, 0.05) is 6.08 Å². The van der Waals surface area contributed by atoms with Crippen molar-refractivity contribution in [2.24, 2.45) is 0 Å². The zero-order chi connectivity index (χ0) is 17.4. The van der Waals surface area contributed by atoms with E-state index in [-0.39, 0.29) is 11.5 Å². The van der Waals surface area contributed by atoms with Crippen molar-refractivity contribution in [3.05, 3.63) is 57.9 Å². The molecule has 0 bridgehead atoms. The molecule has 24 heavy (non-hydrogen) atoms. The monoisotopic (exact) mass is 359 g/mol. The molecule has 1 aromatic heterocycles. The number of carboxylic acids is 1. The Morgan fingerprint density at radius 2 is 2.04 bits per heavy atom. The van der Waals surface area contributed by atoms with Crippen LogP contribution in [-0.2, 0) is 4.79 Å². The number of benzene rings is 1. The van der Waals surface area contributed by atoms with Crippen LogP contribution in [0.2, 0.25) is 0 Å². The predicted octanol–water partition coefficient (Wildman–Crippen LogP) is 4.00. The Labute approximate surface area is 148 Å². The summed E-state index contributed by atoms with van der Waals surface area (Å²) in [4.78, 5) is 25.7. The summed E-state index contributed by atoms with van der Waals surface area (Å²) in [7, 11) is 0. The minimum atomic E-state index is -1.05. The number of furan rings is 1. The highest BCUT2D eigenvalue weighted by atomic mass is 32.2. The van der Waals surface area contributed by atoms with Gasteiger partial charge in [-0.15, -0.1) is 0 Å². The molecule has 1 aromatic carbocycles. The van der Waals surface area contributed by atoms with Crippen LogP contribution in [-0.4, -0.2) is 21.3 Å². The molecule has 1 aliphatic rings. The molecule has 0 spiro atoms. The number of hydrogen-bond acceptors (Lipinski definition) is 5. The van der Waals surface area contributed by atoms with Crippen molar-refractivity contribution in [3.63, 3.8) is 0 Å². The fraction of sp³-hybridized carbons (Fsp3) is 0.118. The molecule has 1 fully saturated rings. The van der Waals surface area contributed by atoms with E-state index < -0.39 is 5.97 Å². The van der Waals surface area contributed by atoms with Crippen LogP contribution in [0, 0.1) is 13.8 Å². The van der Waals surface area contributed by atoms with Gasteiger partial charge in [0.1, 0.15) is 11.5 Å². The van der Waals surface area contributed by atoms with Crippen LogP contribution in [0.3, 0.4) is 0 Å². The molecule has 1 saturated heterocycles. The maximum absolute atomic E-state index is 12.7. The quantitative estimate of drug-likeness (QED) is 0.660. The Kier molecular flexibility index (Phi) is 4.29. The number of carbonyl (C=O) groups excluding carboxylic acids is 1. The highest BCUT2D eigenvalue weighted by Crippen LogP contribution is 2.37. The molecule has 0 saturated carbocycles. The molecule has 0 radical (unpaired) electrons. The number of aryl methyl sites for hydroxylation is 2. The lowest BCUT2D eigenvalue weighted by atomic mass is 10.1. The van der Waals surface area contributed by atoms with Gasteiger partial charge in [-0.05, 0) is 43.7 Å². The number of carbonyl (C=O) groups is 2. The van der Waals surface area contributed by atoms with E-state index in [0.717, 1.165) is 11.3 Å². The number of aromatic carboxylic acids is 1. The van der Waals surface area contributed by atoms with Gasteiger partial charge in [-0.2, -0.15) is 0 Å². The van der Waals surface area contributed by atoms with Gasteiger partial charge in [-0.3, -0.25) is 9.69 Å². The number of hydrogen-bond donors (Lipinski definition) is 1. The predicted molar refractivity (Wildman–Crippen MR) is 97.2 cm³/mol. The maximum atomic E-state index is 12.7. The summed E-state index contributed by atoms with van der Waals surface area (Å²) in [6.45, 7) is 3.63. The molecule has 5 nitrogen and oxygen atoms in total. The van der Waals surface area contributed by atoms with Crippen LogP contribution in [0.5, 0.6) is 0 Å². The molecule has 2 aromatic rings. The van der Waals surface area contributed by atoms with Gasteiger partial charge in [-0.1, -0.05) is 30.0 Å². The molecular formula is C17H13NO4S2. The van der Waals surface area contributed by atoms with E-state index in [9.17, 15) is 9.59 Å². The third-order valence-corrected chi connectivity index (χ3v) is 4.83. The van der Waals surface area contributed by atoms with Crippen molar-refractivity contribution < 1.29 is 19.1 Å². The van der Waals surface area contributed by atoms with Crippen LogP contribution in [0.25, 0.3) is 6.08 Å². The Morgan fingerprint density at radius 1 is 1.29 bits per heavy atom. The second-order valence-corrected chi connectivity index (χ2v) is 6.95. The van der Waals surface area contributed by atoms with Gasteiger partial charge in [0.25, 0.3) is 5.91 Å². The summed E-state index contributed by atoms with van der Waals surface area (Å²) < 4.78 is 5.82. The topological polar surface area (TPSA) is 70.8 Å². The molecule has 1 aliphatic heterocycles. The summed E-state index contributed by atoms with van der Waals surface area (Å²) >= 11 is 6.48. The van der Waals surface area contributed by atoms with Crippen LogP contribution >= 0.6 is 24.0 Å². The molecule has 0 unspecified atom stereocenters. The van der Waals surface area contributed by atoms with E-state index in [1.807, 2.05) is 13.0 Å². The van der Waals surface area contributed by atoms with Gasteiger partial charge in [-0.25, -0.2) is 4.79 Å². The first-order valence-electron chi connectivity index (χ1n) is 7.05. The van der Waals surface area contributed by atoms with Gasteiger partial charge in [0.05, 0.1) is 16.2 Å². The number of thiocarbonyl (C=S) groups is 1. The van der Waals surface area contributed by atoms with Crippen molar-refractivity contribution in [1.82, 2.24) is 0 Å². The Balaban J connectivity index is 1.99. The average Bonchev–Trinajstić information content (AvgIpc) is 3.04. The number of rotatable bonds is 3. The Bertz CT molecular complexity index is 898. The normalized spacial score (nSPS) is 16.2. The van der Waals surface area contributed by atoms with Crippen LogP contribution in [0.15, 0.2) is 39.7 Å². The summed E-state index contributed by atoms with van der Waals surface area (Å²) in [6, 6.07) is 8.21. The fourth-order valence-electron chi connectivity index (χ4n) is 2.32. The standard InChI is InChI=1S/C17H13NO4S2/c1-9-3-5-11(16(20)21)7-13(9)18-15(19)14(24-17(18)23)8-12-6-4-10(2)22-12/h3-8H,1-2H3,(H,20,21). The van der Waals surface area contributed by atoms with E-state index in [2.05, 4.69) is 0 Å². The molecule has 0 aliphatic carbocycles. The molecule has 1 amide bonds. The number of anilines is 1. The van der Waals surface area contributed by atoms with Crippen molar-refractivity contribution >= 4 is 51.9 Å². The lowest BCUT2D eigenvalue weighted by Gasteiger charge is -2.17. The molecule has 122 valence electrons. The molecule has 3 rings (SSSR count). The van der Waals surface area contributed by atoms with Crippen molar-refractivity contribution in [1.29, 1.82) is 0 Å². The van der Waals surface area contributed by atoms with Crippen molar-refractivity contribution in [2.45, 2.75) is 13.8 Å². The minimum Gasteiger partial charge on any atom is -0.478 e. The summed E-state index contributed by atoms with van der Waals surface area (Å²) in [5.41, 5.74) is 1.36. The van der Waals surface area contributed by atoms with E-state index in [1.54, 1.807) is 25.1 Å². The number of amides is 1. The van der Waals surface area contributed by atoms with Gasteiger partial charge >= 0.3 is 5.97 Å². The van der Waals surface area contributed by atoms with Crippen LogP contribution in [0.4, 0.5) is 5.69 Å². The number of thioether (sulfide) groups is 1. The fourth-order valence-corrected chi connectivity index (χ4v) is 3.58. The first kappa shape index (κ1) is 16.5. The van der Waals surface area contributed by atoms with Crippen molar-refractivity contribution in [3.8, 4) is 0 Å². The SMILES string of the molecule is Cc1ccc(C=C2SC(=S)N(c3cc(C(=O)O)ccc3C)C2=O)o1. The minimum absolute atomic E-state index is 0.107. The van der Waals surface area contributed by atoms with Crippen molar-refractivity contribution in [2.75, 3.05) is 4.90 Å². The zero-order valence-corrected chi connectivity index (χ0v) is 14.5. The Hall–Kier alpha value is -2.38. The second kappa shape index (κ2) is 6.26. The van der Waals surface area contributed by atoms with Gasteiger partial charge in [0.2, 0.25) is 0 Å².